The van der Waals surface area contributed by atoms with Crippen molar-refractivity contribution in [1.82, 2.24) is 15.0 Å². The minimum atomic E-state index is -4.43. The van der Waals surface area contributed by atoms with E-state index in [0.29, 0.717) is 22.2 Å². The largest absolute Gasteiger partial charge is 0.466 e. The normalized spacial score (nSPS) is 12.9. The molecule has 2 aromatic heterocycles. The second kappa shape index (κ2) is 8.93. The monoisotopic (exact) mass is 475 g/mol. The van der Waals surface area contributed by atoms with Crippen LogP contribution >= 0.6 is 11.3 Å². The SMILES string of the molecule is CCOC(=O)CC(c1cc(C=O)c2sccc2c1)c1ccc2c(nnn2CC(F)(F)F)c1C. The molecule has 0 saturated carbocycles. The second-order valence-corrected chi connectivity index (χ2v) is 8.55. The van der Waals surface area contributed by atoms with E-state index in [1.807, 2.05) is 17.5 Å². The molecular weight excluding hydrogens is 455 g/mol. The second-order valence-electron chi connectivity index (χ2n) is 7.64. The number of carbonyl (C=O) groups excluding carboxylic acids is 2. The number of thiophene rings is 1. The van der Waals surface area contributed by atoms with Crippen molar-refractivity contribution in [1.29, 1.82) is 0 Å². The maximum Gasteiger partial charge on any atom is 0.408 e. The number of alkyl halides is 3. The van der Waals surface area contributed by atoms with Gasteiger partial charge in [-0.25, -0.2) is 4.68 Å². The molecule has 0 bridgehead atoms. The third-order valence-electron chi connectivity index (χ3n) is 5.49. The van der Waals surface area contributed by atoms with Crippen LogP contribution in [0.3, 0.4) is 0 Å². The Labute approximate surface area is 191 Å². The molecule has 0 aliphatic rings. The number of nitrogens with zero attached hydrogens (tertiary/aromatic N) is 3. The fourth-order valence-electron chi connectivity index (χ4n) is 4.06. The average Bonchev–Trinajstić information content (AvgIpc) is 3.38. The Morgan fingerprint density at radius 3 is 2.76 bits per heavy atom. The molecule has 2 aromatic carbocycles. The molecule has 0 aliphatic heterocycles. The van der Waals surface area contributed by atoms with Crippen molar-refractivity contribution >= 4 is 44.7 Å². The summed E-state index contributed by atoms with van der Waals surface area (Å²) in [6.45, 7) is 2.43. The first-order valence-electron chi connectivity index (χ1n) is 10.2. The number of aryl methyl sites for hydroxylation is 1. The van der Waals surface area contributed by atoms with Crippen molar-refractivity contribution in [3.05, 3.63) is 58.0 Å². The van der Waals surface area contributed by atoms with Gasteiger partial charge in [-0.3, -0.25) is 9.59 Å². The molecule has 0 radical (unpaired) electrons. The highest BCUT2D eigenvalue weighted by molar-refractivity contribution is 7.17. The summed E-state index contributed by atoms with van der Waals surface area (Å²) in [5.74, 6) is -0.898. The Morgan fingerprint density at radius 1 is 1.27 bits per heavy atom. The molecule has 4 rings (SSSR count). The van der Waals surface area contributed by atoms with Crippen molar-refractivity contribution in [2.45, 2.75) is 38.9 Å². The standard InChI is InChI=1S/C23H20F3N3O3S/c1-3-32-20(31)10-18(15-8-14-6-7-33-22(14)16(9-15)11-30)17-4-5-19-21(13(17)2)27-28-29(19)12-23(24,25)26/h4-9,11,18H,3,10,12H2,1-2H3. The maximum absolute atomic E-state index is 12.9. The number of carbonyl (C=O) groups is 2. The summed E-state index contributed by atoms with van der Waals surface area (Å²) in [6, 6.07) is 8.80. The number of hydrogen-bond donors (Lipinski definition) is 0. The van der Waals surface area contributed by atoms with E-state index in [1.165, 1.54) is 17.4 Å². The first-order chi connectivity index (χ1) is 15.7. The van der Waals surface area contributed by atoms with Gasteiger partial charge in [-0.2, -0.15) is 13.2 Å². The van der Waals surface area contributed by atoms with E-state index in [1.54, 1.807) is 26.0 Å². The van der Waals surface area contributed by atoms with Gasteiger partial charge in [0.25, 0.3) is 0 Å². The lowest BCUT2D eigenvalue weighted by atomic mass is 9.84. The molecule has 6 nitrogen and oxygen atoms in total. The van der Waals surface area contributed by atoms with Gasteiger partial charge in [-0.1, -0.05) is 11.3 Å². The Hall–Kier alpha value is -3.27. The van der Waals surface area contributed by atoms with Crippen LogP contribution in [0.1, 0.15) is 46.3 Å². The summed E-state index contributed by atoms with van der Waals surface area (Å²) in [7, 11) is 0. The molecule has 0 aliphatic carbocycles. The summed E-state index contributed by atoms with van der Waals surface area (Å²) >= 11 is 1.45. The lowest BCUT2D eigenvalue weighted by Crippen LogP contribution is -2.18. The lowest BCUT2D eigenvalue weighted by molar-refractivity contribution is -0.143. The Kier molecular flexibility index (Phi) is 6.20. The number of rotatable bonds is 7. The van der Waals surface area contributed by atoms with Gasteiger partial charge < -0.3 is 4.74 Å². The molecule has 2 heterocycles. The van der Waals surface area contributed by atoms with Gasteiger partial charge in [0.05, 0.1) is 18.5 Å². The van der Waals surface area contributed by atoms with Crippen LogP contribution in [0.5, 0.6) is 0 Å². The number of halogens is 3. The maximum atomic E-state index is 12.9. The van der Waals surface area contributed by atoms with E-state index in [4.69, 9.17) is 4.74 Å². The fourth-order valence-corrected chi connectivity index (χ4v) is 4.92. The van der Waals surface area contributed by atoms with Crippen LogP contribution in [0.4, 0.5) is 13.2 Å². The molecule has 172 valence electrons. The number of benzene rings is 2. The first-order valence-corrected chi connectivity index (χ1v) is 11.1. The molecule has 33 heavy (non-hydrogen) atoms. The van der Waals surface area contributed by atoms with Crippen molar-refractivity contribution in [3.8, 4) is 0 Å². The van der Waals surface area contributed by atoms with Crippen LogP contribution in [0.25, 0.3) is 21.1 Å². The summed E-state index contributed by atoms with van der Waals surface area (Å²) in [4.78, 5) is 24.2. The Balaban J connectivity index is 1.85. The predicted octanol–water partition coefficient (Wildman–Crippen LogP) is 5.41. The molecule has 10 heteroatoms. The minimum Gasteiger partial charge on any atom is -0.466 e. The Morgan fingerprint density at radius 2 is 2.06 bits per heavy atom. The van der Waals surface area contributed by atoms with Crippen LogP contribution in [-0.4, -0.2) is 40.0 Å². The topological polar surface area (TPSA) is 74.1 Å². The number of aldehydes is 1. The van der Waals surface area contributed by atoms with E-state index in [-0.39, 0.29) is 18.5 Å². The molecule has 0 spiro atoms. The Bertz CT molecular complexity index is 1340. The predicted molar refractivity (Wildman–Crippen MR) is 119 cm³/mol. The number of aromatic nitrogens is 3. The van der Waals surface area contributed by atoms with Gasteiger partial charge in [-0.05, 0) is 65.6 Å². The van der Waals surface area contributed by atoms with Gasteiger partial charge in [-0.15, -0.1) is 16.4 Å². The van der Waals surface area contributed by atoms with Crippen molar-refractivity contribution in [3.63, 3.8) is 0 Å². The number of ether oxygens (including phenoxy) is 1. The zero-order chi connectivity index (χ0) is 23.8. The molecule has 1 atom stereocenters. The molecular formula is C23H20F3N3O3S. The quantitative estimate of drug-likeness (QED) is 0.264. The van der Waals surface area contributed by atoms with Gasteiger partial charge >= 0.3 is 12.1 Å². The van der Waals surface area contributed by atoms with Gasteiger partial charge in [0, 0.05) is 16.2 Å². The van der Waals surface area contributed by atoms with Crippen LogP contribution in [-0.2, 0) is 16.1 Å². The van der Waals surface area contributed by atoms with Gasteiger partial charge in [0.2, 0.25) is 0 Å². The number of esters is 1. The zero-order valence-electron chi connectivity index (χ0n) is 17.8. The zero-order valence-corrected chi connectivity index (χ0v) is 18.7. The highest BCUT2D eigenvalue weighted by Crippen LogP contribution is 2.37. The first kappa shape index (κ1) is 22.9. The lowest BCUT2D eigenvalue weighted by Gasteiger charge is -2.20. The summed E-state index contributed by atoms with van der Waals surface area (Å²) in [5, 5.41) is 10.4. The van der Waals surface area contributed by atoms with Crippen molar-refractivity contribution in [2.24, 2.45) is 0 Å². The smallest absolute Gasteiger partial charge is 0.408 e. The summed E-state index contributed by atoms with van der Waals surface area (Å²) < 4.78 is 45.5. The van der Waals surface area contributed by atoms with Crippen molar-refractivity contribution in [2.75, 3.05) is 6.61 Å². The van der Waals surface area contributed by atoms with E-state index >= 15 is 0 Å². The highest BCUT2D eigenvalue weighted by atomic mass is 32.1. The third-order valence-corrected chi connectivity index (χ3v) is 6.47. The van der Waals surface area contributed by atoms with Gasteiger partial charge in [0.1, 0.15) is 12.1 Å². The number of hydrogen-bond acceptors (Lipinski definition) is 6. The van der Waals surface area contributed by atoms with E-state index in [2.05, 4.69) is 10.3 Å². The van der Waals surface area contributed by atoms with E-state index in [9.17, 15) is 22.8 Å². The van der Waals surface area contributed by atoms with Crippen LogP contribution < -0.4 is 0 Å². The minimum absolute atomic E-state index is 0.00478. The van der Waals surface area contributed by atoms with E-state index in [0.717, 1.165) is 26.6 Å². The molecule has 4 aromatic rings. The van der Waals surface area contributed by atoms with Crippen LogP contribution in [0, 0.1) is 6.92 Å². The average molecular weight is 475 g/mol. The number of fused-ring (bicyclic) bond motifs is 2. The molecule has 1 unspecified atom stereocenters. The molecule has 0 fully saturated rings. The fraction of sp³-hybridized carbons (Fsp3) is 0.304. The van der Waals surface area contributed by atoms with Crippen molar-refractivity contribution < 1.29 is 27.5 Å². The van der Waals surface area contributed by atoms with Gasteiger partial charge in [0.15, 0.2) is 6.29 Å². The van der Waals surface area contributed by atoms with E-state index < -0.39 is 24.6 Å². The molecule has 0 amide bonds. The molecule has 0 N–H and O–H groups in total. The van der Waals surface area contributed by atoms with Crippen LogP contribution in [0.15, 0.2) is 35.7 Å². The summed E-state index contributed by atoms with van der Waals surface area (Å²) in [6.07, 6.45) is -3.64. The van der Waals surface area contributed by atoms with Crippen LogP contribution in [0.2, 0.25) is 0 Å². The third kappa shape index (κ3) is 4.61. The molecule has 0 saturated heterocycles. The highest BCUT2D eigenvalue weighted by Gasteiger charge is 2.30. The summed E-state index contributed by atoms with van der Waals surface area (Å²) in [5.41, 5.74) is 3.17.